The Morgan fingerprint density at radius 3 is 2.42 bits per heavy atom. The molecular weight excluding hydrogens is 319 g/mol. The summed E-state index contributed by atoms with van der Waals surface area (Å²) in [5.41, 5.74) is 0.401. The van der Waals surface area contributed by atoms with Crippen molar-refractivity contribution >= 4 is 11.6 Å². The molecule has 0 spiro atoms. The smallest absolute Gasteiger partial charge is 0.275 e. The van der Waals surface area contributed by atoms with E-state index in [4.69, 9.17) is 0 Å². The second-order valence-electron chi connectivity index (χ2n) is 6.59. The van der Waals surface area contributed by atoms with E-state index in [1.54, 1.807) is 6.07 Å². The molecule has 0 aliphatic carbocycles. The molecular formula is C17H20F3N3O. The molecule has 130 valence electrons. The number of rotatable bonds is 4. The molecule has 1 heterocycles. The van der Waals surface area contributed by atoms with Crippen molar-refractivity contribution < 1.29 is 13.2 Å². The summed E-state index contributed by atoms with van der Waals surface area (Å²) < 4.78 is 39.8. The van der Waals surface area contributed by atoms with Crippen molar-refractivity contribution in [2.75, 3.05) is 5.32 Å². The van der Waals surface area contributed by atoms with Crippen molar-refractivity contribution in [2.24, 2.45) is 7.05 Å². The van der Waals surface area contributed by atoms with Crippen molar-refractivity contribution in [3.63, 3.8) is 0 Å². The van der Waals surface area contributed by atoms with Gasteiger partial charge < -0.3 is 5.32 Å². The molecule has 0 aliphatic heterocycles. The molecule has 0 fully saturated rings. The van der Waals surface area contributed by atoms with E-state index in [0.717, 1.165) is 16.2 Å². The van der Waals surface area contributed by atoms with E-state index < -0.39 is 23.9 Å². The summed E-state index contributed by atoms with van der Waals surface area (Å²) in [4.78, 5) is 15.7. The summed E-state index contributed by atoms with van der Waals surface area (Å²) in [6, 6.07) is 8.21. The first-order valence-electron chi connectivity index (χ1n) is 7.47. The number of alkyl halides is 3. The third-order valence-electron chi connectivity index (χ3n) is 3.64. The van der Waals surface area contributed by atoms with E-state index in [-0.39, 0.29) is 11.4 Å². The summed E-state index contributed by atoms with van der Waals surface area (Å²) in [5, 5.41) is 2.90. The SMILES string of the molecule is Cn1c(Nc2cccc(C(C)(C)C)c2)nc(C(F)C(F)F)cc1=O. The monoisotopic (exact) mass is 339 g/mol. The first kappa shape index (κ1) is 18.0. The maximum atomic E-state index is 13.5. The second kappa shape index (κ2) is 6.67. The molecule has 0 aliphatic rings. The van der Waals surface area contributed by atoms with E-state index in [2.05, 4.69) is 31.1 Å². The number of halogens is 3. The van der Waals surface area contributed by atoms with E-state index in [0.29, 0.717) is 5.69 Å². The molecule has 0 radical (unpaired) electrons. The van der Waals surface area contributed by atoms with Gasteiger partial charge in [0.1, 0.15) is 0 Å². The Kier molecular flexibility index (Phi) is 5.01. The fourth-order valence-electron chi connectivity index (χ4n) is 2.13. The Morgan fingerprint density at radius 1 is 1.17 bits per heavy atom. The Labute approximate surface area is 138 Å². The van der Waals surface area contributed by atoms with Gasteiger partial charge in [-0.2, -0.15) is 0 Å². The van der Waals surface area contributed by atoms with Gasteiger partial charge in [0.15, 0.2) is 0 Å². The highest BCUT2D eigenvalue weighted by molar-refractivity contribution is 5.55. The Balaban J connectivity index is 2.41. The fourth-order valence-corrected chi connectivity index (χ4v) is 2.13. The molecule has 0 saturated carbocycles. The van der Waals surface area contributed by atoms with Crippen LogP contribution >= 0.6 is 0 Å². The van der Waals surface area contributed by atoms with Crippen LogP contribution in [0.4, 0.5) is 24.8 Å². The van der Waals surface area contributed by atoms with Gasteiger partial charge in [0, 0.05) is 18.8 Å². The van der Waals surface area contributed by atoms with Crippen molar-refractivity contribution in [2.45, 2.75) is 38.8 Å². The maximum Gasteiger partial charge on any atom is 0.275 e. The topological polar surface area (TPSA) is 46.9 Å². The number of nitrogens with zero attached hydrogens (tertiary/aromatic N) is 2. The normalized spacial score (nSPS) is 13.2. The standard InChI is InChI=1S/C17H20F3N3O/c1-17(2,3)10-6-5-7-11(8-10)21-16-22-12(14(18)15(19)20)9-13(24)23(16)4/h5-9,14-15H,1-4H3,(H,21,22). The van der Waals surface area contributed by atoms with Gasteiger partial charge in [0.05, 0.1) is 5.69 Å². The Bertz CT molecular complexity index is 781. The number of anilines is 2. The number of hydrogen-bond acceptors (Lipinski definition) is 3. The zero-order valence-corrected chi connectivity index (χ0v) is 14.0. The molecule has 4 nitrogen and oxygen atoms in total. The van der Waals surface area contributed by atoms with Gasteiger partial charge >= 0.3 is 0 Å². The first-order valence-corrected chi connectivity index (χ1v) is 7.47. The molecule has 24 heavy (non-hydrogen) atoms. The molecule has 2 rings (SSSR count). The zero-order valence-electron chi connectivity index (χ0n) is 14.0. The molecule has 1 unspecified atom stereocenters. The number of hydrogen-bond donors (Lipinski definition) is 1. The van der Waals surface area contributed by atoms with Gasteiger partial charge in [-0.3, -0.25) is 9.36 Å². The van der Waals surface area contributed by atoms with Gasteiger partial charge in [0.2, 0.25) is 12.1 Å². The quantitative estimate of drug-likeness (QED) is 0.912. The molecule has 0 amide bonds. The summed E-state index contributed by atoms with van der Waals surface area (Å²) in [7, 11) is 1.44. The van der Waals surface area contributed by atoms with E-state index >= 15 is 0 Å². The average molecular weight is 339 g/mol. The maximum absolute atomic E-state index is 13.5. The third kappa shape index (κ3) is 3.96. The van der Waals surface area contributed by atoms with Crippen molar-refractivity contribution in [1.29, 1.82) is 0 Å². The lowest BCUT2D eigenvalue weighted by molar-refractivity contribution is 0.0472. The molecule has 7 heteroatoms. The molecule has 1 aromatic carbocycles. The molecule has 1 aromatic heterocycles. The molecule has 1 atom stereocenters. The van der Waals surface area contributed by atoms with Crippen LogP contribution in [0, 0.1) is 0 Å². The van der Waals surface area contributed by atoms with Crippen LogP contribution in [0.3, 0.4) is 0 Å². The van der Waals surface area contributed by atoms with Crippen LogP contribution in [0.1, 0.15) is 38.2 Å². The lowest BCUT2D eigenvalue weighted by atomic mass is 9.87. The highest BCUT2D eigenvalue weighted by Crippen LogP contribution is 2.27. The van der Waals surface area contributed by atoms with Gasteiger partial charge in [-0.1, -0.05) is 32.9 Å². The zero-order chi connectivity index (χ0) is 18.1. The van der Waals surface area contributed by atoms with Crippen LogP contribution < -0.4 is 10.9 Å². The summed E-state index contributed by atoms with van der Waals surface area (Å²) in [6.45, 7) is 6.16. The van der Waals surface area contributed by atoms with Gasteiger partial charge in [-0.15, -0.1) is 0 Å². The molecule has 0 saturated heterocycles. The number of benzene rings is 1. The van der Waals surface area contributed by atoms with Gasteiger partial charge in [-0.05, 0) is 23.1 Å². The molecule has 2 aromatic rings. The minimum absolute atomic E-state index is 0.00635. The third-order valence-corrected chi connectivity index (χ3v) is 3.64. The largest absolute Gasteiger partial charge is 0.326 e. The van der Waals surface area contributed by atoms with Crippen LogP contribution in [0.25, 0.3) is 0 Å². The van der Waals surface area contributed by atoms with Gasteiger partial charge in [-0.25, -0.2) is 18.2 Å². The Morgan fingerprint density at radius 2 is 1.83 bits per heavy atom. The minimum atomic E-state index is -3.23. The summed E-state index contributed by atoms with van der Waals surface area (Å²) in [6.07, 6.45) is -5.83. The van der Waals surface area contributed by atoms with Crippen LogP contribution in [0.15, 0.2) is 35.1 Å². The van der Waals surface area contributed by atoms with E-state index in [1.807, 2.05) is 18.2 Å². The minimum Gasteiger partial charge on any atom is -0.326 e. The van der Waals surface area contributed by atoms with E-state index in [9.17, 15) is 18.0 Å². The highest BCUT2D eigenvalue weighted by Gasteiger charge is 2.24. The van der Waals surface area contributed by atoms with Crippen LogP contribution in [-0.2, 0) is 12.5 Å². The highest BCUT2D eigenvalue weighted by atomic mass is 19.3. The summed E-state index contributed by atoms with van der Waals surface area (Å²) in [5.74, 6) is 0.00635. The number of aromatic nitrogens is 2. The van der Waals surface area contributed by atoms with E-state index in [1.165, 1.54) is 7.05 Å². The lowest BCUT2D eigenvalue weighted by Crippen LogP contribution is -2.23. The second-order valence-corrected chi connectivity index (χ2v) is 6.59. The van der Waals surface area contributed by atoms with Crippen LogP contribution in [0.2, 0.25) is 0 Å². The number of nitrogens with one attached hydrogen (secondary N) is 1. The summed E-state index contributed by atoms with van der Waals surface area (Å²) >= 11 is 0. The Hall–Kier alpha value is -2.31. The predicted octanol–water partition coefficient (Wildman–Crippen LogP) is 4.10. The van der Waals surface area contributed by atoms with Crippen molar-refractivity contribution in [3.8, 4) is 0 Å². The fraction of sp³-hybridized carbons (Fsp3) is 0.412. The van der Waals surface area contributed by atoms with Crippen LogP contribution in [-0.4, -0.2) is 16.0 Å². The molecule has 1 N–H and O–H groups in total. The van der Waals surface area contributed by atoms with Crippen molar-refractivity contribution in [1.82, 2.24) is 9.55 Å². The van der Waals surface area contributed by atoms with Crippen LogP contribution in [0.5, 0.6) is 0 Å². The first-order chi connectivity index (χ1) is 11.1. The van der Waals surface area contributed by atoms with Gasteiger partial charge in [0.25, 0.3) is 12.0 Å². The average Bonchev–Trinajstić information content (AvgIpc) is 2.50. The molecule has 0 bridgehead atoms. The van der Waals surface area contributed by atoms with Crippen molar-refractivity contribution in [3.05, 3.63) is 51.9 Å². The predicted molar refractivity (Wildman–Crippen MR) is 87.8 cm³/mol. The lowest BCUT2D eigenvalue weighted by Gasteiger charge is -2.20.